The van der Waals surface area contributed by atoms with Gasteiger partial charge >= 0.3 is 5.97 Å². The van der Waals surface area contributed by atoms with Crippen molar-refractivity contribution in [1.82, 2.24) is 4.90 Å². The monoisotopic (exact) mass is 319 g/mol. The highest BCUT2D eigenvalue weighted by Crippen LogP contribution is 2.30. The van der Waals surface area contributed by atoms with Crippen LogP contribution in [0.3, 0.4) is 0 Å². The summed E-state index contributed by atoms with van der Waals surface area (Å²) in [5, 5.41) is 9.31. The minimum Gasteiger partial charge on any atom is -0.493 e. The van der Waals surface area contributed by atoms with E-state index in [1.807, 2.05) is 31.2 Å². The van der Waals surface area contributed by atoms with E-state index in [2.05, 4.69) is 0 Å². The van der Waals surface area contributed by atoms with Crippen molar-refractivity contribution in [3.63, 3.8) is 0 Å². The molecule has 1 aromatic carbocycles. The van der Waals surface area contributed by atoms with Gasteiger partial charge in [-0.3, -0.25) is 9.59 Å². The average Bonchev–Trinajstić information content (AvgIpc) is 2.53. The molecule has 0 aromatic heterocycles. The smallest absolute Gasteiger partial charge is 0.311 e. The van der Waals surface area contributed by atoms with Crippen LogP contribution in [-0.2, 0) is 9.59 Å². The fourth-order valence-corrected chi connectivity index (χ4v) is 2.91. The molecule has 23 heavy (non-hydrogen) atoms. The first-order valence-electron chi connectivity index (χ1n) is 8.12. The van der Waals surface area contributed by atoms with Gasteiger partial charge in [-0.1, -0.05) is 18.2 Å². The molecule has 1 N–H and O–H groups in total. The van der Waals surface area contributed by atoms with Gasteiger partial charge in [0.2, 0.25) is 5.91 Å². The van der Waals surface area contributed by atoms with Crippen LogP contribution in [0.2, 0.25) is 0 Å². The highest BCUT2D eigenvalue weighted by atomic mass is 16.5. The van der Waals surface area contributed by atoms with Crippen molar-refractivity contribution in [2.24, 2.45) is 5.41 Å². The number of hydrogen-bond acceptors (Lipinski definition) is 3. The number of aryl methyl sites for hydroxylation is 1. The lowest BCUT2D eigenvalue weighted by molar-refractivity contribution is -0.153. The molecule has 1 heterocycles. The molecule has 2 rings (SSSR count). The molecule has 5 heteroatoms. The topological polar surface area (TPSA) is 66.8 Å². The number of para-hydroxylation sites is 1. The predicted molar refractivity (Wildman–Crippen MR) is 87.5 cm³/mol. The first-order chi connectivity index (χ1) is 10.9. The van der Waals surface area contributed by atoms with Crippen LogP contribution in [0, 0.1) is 12.3 Å². The van der Waals surface area contributed by atoms with Gasteiger partial charge in [-0.2, -0.15) is 0 Å². The first kappa shape index (κ1) is 17.3. The Kier molecular flexibility index (Phi) is 5.64. The van der Waals surface area contributed by atoms with Crippen LogP contribution in [0.15, 0.2) is 24.3 Å². The molecule has 1 unspecified atom stereocenters. The van der Waals surface area contributed by atoms with E-state index in [4.69, 9.17) is 4.74 Å². The van der Waals surface area contributed by atoms with E-state index >= 15 is 0 Å². The molecule has 0 saturated carbocycles. The Morgan fingerprint density at radius 3 is 2.78 bits per heavy atom. The summed E-state index contributed by atoms with van der Waals surface area (Å²) in [4.78, 5) is 25.3. The molecular formula is C18H25NO4. The Balaban J connectivity index is 1.77. The Labute approximate surface area is 137 Å². The third-order valence-electron chi connectivity index (χ3n) is 4.45. The van der Waals surface area contributed by atoms with E-state index in [1.54, 1.807) is 11.8 Å². The standard InChI is InChI=1S/C18H25NO4/c1-14-7-3-4-8-15(14)23-12-5-9-16(20)19-11-6-10-18(2,13-19)17(21)22/h3-4,7-8H,5-6,9-13H2,1-2H3,(H,21,22). The Morgan fingerprint density at radius 1 is 1.35 bits per heavy atom. The lowest BCUT2D eigenvalue weighted by Crippen LogP contribution is -2.48. The number of amides is 1. The molecule has 0 bridgehead atoms. The van der Waals surface area contributed by atoms with Crippen molar-refractivity contribution in [2.75, 3.05) is 19.7 Å². The highest BCUT2D eigenvalue weighted by molar-refractivity contribution is 5.79. The first-order valence-corrected chi connectivity index (χ1v) is 8.12. The summed E-state index contributed by atoms with van der Waals surface area (Å²) < 4.78 is 5.69. The van der Waals surface area contributed by atoms with Crippen molar-refractivity contribution in [1.29, 1.82) is 0 Å². The van der Waals surface area contributed by atoms with E-state index in [-0.39, 0.29) is 5.91 Å². The Bertz CT molecular complexity index is 572. The SMILES string of the molecule is Cc1ccccc1OCCCC(=O)N1CCCC(C)(C(=O)O)C1. The van der Waals surface area contributed by atoms with Crippen LogP contribution in [0.4, 0.5) is 0 Å². The molecule has 1 aromatic rings. The van der Waals surface area contributed by atoms with E-state index < -0.39 is 11.4 Å². The summed E-state index contributed by atoms with van der Waals surface area (Å²) >= 11 is 0. The van der Waals surface area contributed by atoms with Crippen molar-refractivity contribution >= 4 is 11.9 Å². The number of carbonyl (C=O) groups is 2. The van der Waals surface area contributed by atoms with Crippen molar-refractivity contribution in [3.05, 3.63) is 29.8 Å². The van der Waals surface area contributed by atoms with E-state index in [0.29, 0.717) is 39.0 Å². The number of ether oxygens (including phenoxy) is 1. The summed E-state index contributed by atoms with van der Waals surface area (Å²) in [7, 11) is 0. The molecule has 1 atom stereocenters. The molecule has 0 radical (unpaired) electrons. The van der Waals surface area contributed by atoms with Gasteiger partial charge in [-0.25, -0.2) is 0 Å². The normalized spacial score (nSPS) is 21.0. The number of carboxylic acids is 1. The van der Waals surface area contributed by atoms with Crippen molar-refractivity contribution < 1.29 is 19.4 Å². The molecule has 1 fully saturated rings. The number of rotatable bonds is 6. The Morgan fingerprint density at radius 2 is 2.09 bits per heavy atom. The fraction of sp³-hybridized carbons (Fsp3) is 0.556. The Hall–Kier alpha value is -2.04. The van der Waals surface area contributed by atoms with E-state index in [1.165, 1.54) is 0 Å². The zero-order valence-corrected chi connectivity index (χ0v) is 13.9. The van der Waals surface area contributed by atoms with Gasteiger partial charge in [0.25, 0.3) is 0 Å². The number of likely N-dealkylation sites (tertiary alicyclic amines) is 1. The minimum atomic E-state index is -0.821. The molecule has 1 saturated heterocycles. The molecule has 1 amide bonds. The molecule has 0 spiro atoms. The highest BCUT2D eigenvalue weighted by Gasteiger charge is 2.39. The minimum absolute atomic E-state index is 0.0190. The predicted octanol–water partition coefficient (Wildman–Crippen LogP) is 2.87. The van der Waals surface area contributed by atoms with Gasteiger partial charge in [-0.05, 0) is 44.7 Å². The summed E-state index contributed by atoms with van der Waals surface area (Å²) in [6.07, 6.45) is 2.39. The molecule has 5 nitrogen and oxygen atoms in total. The van der Waals surface area contributed by atoms with Gasteiger partial charge in [-0.15, -0.1) is 0 Å². The largest absolute Gasteiger partial charge is 0.493 e. The van der Waals surface area contributed by atoms with Crippen LogP contribution in [0.25, 0.3) is 0 Å². The number of aliphatic carboxylic acids is 1. The van der Waals surface area contributed by atoms with Gasteiger partial charge in [0.15, 0.2) is 0 Å². The van der Waals surface area contributed by atoms with Crippen LogP contribution >= 0.6 is 0 Å². The summed E-state index contributed by atoms with van der Waals surface area (Å²) in [5.74, 6) is 0.0415. The summed E-state index contributed by atoms with van der Waals surface area (Å²) in [6.45, 7) is 5.15. The zero-order valence-electron chi connectivity index (χ0n) is 13.9. The maximum Gasteiger partial charge on any atom is 0.311 e. The molecule has 0 aliphatic carbocycles. The number of benzene rings is 1. The van der Waals surface area contributed by atoms with Gasteiger partial charge in [0.1, 0.15) is 5.75 Å². The van der Waals surface area contributed by atoms with Gasteiger partial charge in [0.05, 0.1) is 12.0 Å². The zero-order chi connectivity index (χ0) is 16.9. The number of carbonyl (C=O) groups excluding carboxylic acids is 1. The summed E-state index contributed by atoms with van der Waals surface area (Å²) in [5.41, 5.74) is 0.262. The van der Waals surface area contributed by atoms with Crippen molar-refractivity contribution in [2.45, 2.75) is 39.5 Å². The number of hydrogen-bond donors (Lipinski definition) is 1. The van der Waals surface area contributed by atoms with Crippen LogP contribution < -0.4 is 4.74 Å². The second kappa shape index (κ2) is 7.49. The second-order valence-electron chi connectivity index (χ2n) is 6.50. The van der Waals surface area contributed by atoms with Crippen LogP contribution in [-0.4, -0.2) is 41.6 Å². The second-order valence-corrected chi connectivity index (χ2v) is 6.50. The van der Waals surface area contributed by atoms with Gasteiger partial charge < -0.3 is 14.7 Å². The maximum absolute atomic E-state index is 12.3. The third-order valence-corrected chi connectivity index (χ3v) is 4.45. The number of nitrogens with zero attached hydrogens (tertiary/aromatic N) is 1. The molecule has 126 valence electrons. The fourth-order valence-electron chi connectivity index (χ4n) is 2.91. The van der Waals surface area contributed by atoms with E-state index in [9.17, 15) is 14.7 Å². The summed E-state index contributed by atoms with van der Waals surface area (Å²) in [6, 6.07) is 7.79. The van der Waals surface area contributed by atoms with Crippen LogP contribution in [0.5, 0.6) is 5.75 Å². The quantitative estimate of drug-likeness (QED) is 0.819. The van der Waals surface area contributed by atoms with Crippen molar-refractivity contribution in [3.8, 4) is 5.75 Å². The number of carboxylic acid groups (broad SMARTS) is 1. The third kappa shape index (κ3) is 4.47. The maximum atomic E-state index is 12.3. The lowest BCUT2D eigenvalue weighted by Gasteiger charge is -2.37. The molecule has 1 aliphatic rings. The number of piperidine rings is 1. The van der Waals surface area contributed by atoms with Crippen LogP contribution in [0.1, 0.15) is 38.2 Å². The molecular weight excluding hydrogens is 294 g/mol. The molecule has 1 aliphatic heterocycles. The average molecular weight is 319 g/mol. The van der Waals surface area contributed by atoms with E-state index in [0.717, 1.165) is 17.7 Å². The van der Waals surface area contributed by atoms with Gasteiger partial charge in [0, 0.05) is 19.5 Å². The lowest BCUT2D eigenvalue weighted by atomic mass is 9.82.